The number of carbonyl (C=O) groups is 2. The van der Waals surface area contributed by atoms with Gasteiger partial charge in [-0.15, -0.1) is 0 Å². The monoisotopic (exact) mass is 468 g/mol. The van der Waals surface area contributed by atoms with Crippen LogP contribution in [-0.2, 0) is 14.4 Å². The minimum atomic E-state index is -0.971. The topological polar surface area (TPSA) is 59.1 Å². The van der Waals surface area contributed by atoms with Gasteiger partial charge in [0.25, 0.3) is 5.91 Å². The minimum Gasteiger partial charge on any atom is -0.497 e. The lowest BCUT2D eigenvalue weighted by atomic mass is 9.90. The molecule has 0 unspecified atom stereocenters. The van der Waals surface area contributed by atoms with Gasteiger partial charge >= 0.3 is 0 Å². The van der Waals surface area contributed by atoms with E-state index in [1.54, 1.807) is 54.6 Å². The number of hydrogen-bond donors (Lipinski definition) is 0. The Morgan fingerprint density at radius 1 is 0.875 bits per heavy atom. The molecule has 2 heterocycles. The molecule has 0 aromatic heterocycles. The van der Waals surface area contributed by atoms with Crippen LogP contribution in [0, 0.1) is 5.92 Å². The van der Waals surface area contributed by atoms with Crippen LogP contribution in [0.4, 0.5) is 11.4 Å². The number of imide groups is 1. The minimum absolute atomic E-state index is 0.348. The second-order valence-corrected chi connectivity index (χ2v) is 8.38. The molecular weight excluding hydrogens is 451 g/mol. The first-order valence-electron chi connectivity index (χ1n) is 9.97. The van der Waals surface area contributed by atoms with Crippen LogP contribution in [0.15, 0.2) is 72.8 Å². The number of fused-ring (bicyclic) bond motifs is 1. The van der Waals surface area contributed by atoms with E-state index in [9.17, 15) is 9.59 Å². The van der Waals surface area contributed by atoms with E-state index in [0.29, 0.717) is 27.0 Å². The summed E-state index contributed by atoms with van der Waals surface area (Å²) in [5, 5.41) is 2.48. The number of ether oxygens (including phenoxy) is 1. The van der Waals surface area contributed by atoms with Crippen molar-refractivity contribution in [3.05, 3.63) is 88.4 Å². The van der Waals surface area contributed by atoms with Gasteiger partial charge in [-0.3, -0.25) is 14.4 Å². The van der Waals surface area contributed by atoms with Gasteiger partial charge in [0.2, 0.25) is 5.91 Å². The molecule has 3 atom stereocenters. The van der Waals surface area contributed by atoms with Crippen LogP contribution in [0.2, 0.25) is 10.0 Å². The van der Waals surface area contributed by atoms with E-state index in [4.69, 9.17) is 32.8 Å². The van der Waals surface area contributed by atoms with Crippen LogP contribution < -0.4 is 14.7 Å². The number of halogens is 2. The molecule has 3 aromatic carbocycles. The molecule has 0 N–H and O–H groups in total. The molecule has 6 nitrogen and oxygen atoms in total. The quantitative estimate of drug-likeness (QED) is 0.501. The highest BCUT2D eigenvalue weighted by atomic mass is 35.5. The maximum absolute atomic E-state index is 13.6. The van der Waals surface area contributed by atoms with Crippen LogP contribution in [0.5, 0.6) is 5.75 Å². The molecule has 0 spiro atoms. The molecule has 2 fully saturated rings. The molecule has 2 saturated heterocycles. The first-order chi connectivity index (χ1) is 15.5. The van der Waals surface area contributed by atoms with Crippen LogP contribution in [-0.4, -0.2) is 25.0 Å². The van der Waals surface area contributed by atoms with E-state index in [-0.39, 0.29) is 5.91 Å². The average molecular weight is 469 g/mol. The third-order valence-corrected chi connectivity index (χ3v) is 6.30. The first-order valence-corrected chi connectivity index (χ1v) is 10.7. The maximum Gasteiger partial charge on any atom is 0.266 e. The molecule has 32 heavy (non-hydrogen) atoms. The molecule has 3 aromatic rings. The fourth-order valence-corrected chi connectivity index (χ4v) is 4.78. The zero-order chi connectivity index (χ0) is 22.4. The summed E-state index contributed by atoms with van der Waals surface area (Å²) in [6.45, 7) is 0. The van der Waals surface area contributed by atoms with Crippen molar-refractivity contribution < 1.29 is 19.2 Å². The Bertz CT molecular complexity index is 1190. The Labute approximate surface area is 194 Å². The number of carbonyl (C=O) groups excluding carboxylic acids is 2. The Kier molecular flexibility index (Phi) is 5.29. The summed E-state index contributed by atoms with van der Waals surface area (Å²) in [6.07, 6.45) is -0.971. The Balaban J connectivity index is 1.58. The van der Waals surface area contributed by atoms with Crippen molar-refractivity contribution in [2.75, 3.05) is 17.1 Å². The van der Waals surface area contributed by atoms with Crippen molar-refractivity contribution in [3.63, 3.8) is 0 Å². The van der Waals surface area contributed by atoms with Gasteiger partial charge in [-0.05, 0) is 54.1 Å². The van der Waals surface area contributed by atoms with E-state index < -0.39 is 24.0 Å². The van der Waals surface area contributed by atoms with E-state index >= 15 is 0 Å². The third kappa shape index (κ3) is 3.32. The molecule has 2 amide bonds. The summed E-state index contributed by atoms with van der Waals surface area (Å²) < 4.78 is 5.18. The fourth-order valence-electron chi connectivity index (χ4n) is 4.26. The Morgan fingerprint density at radius 3 is 2.25 bits per heavy atom. The number of rotatable bonds is 4. The van der Waals surface area contributed by atoms with Crippen molar-refractivity contribution in [3.8, 4) is 5.75 Å². The lowest BCUT2D eigenvalue weighted by Crippen LogP contribution is -2.37. The SMILES string of the molecule is COc1ccc(N2C(=O)[C@H]3[C@H](ON(c4ccccc4)[C@H]3c3ccc(Cl)cc3Cl)C2=O)cc1. The summed E-state index contributed by atoms with van der Waals surface area (Å²) in [7, 11) is 1.55. The summed E-state index contributed by atoms with van der Waals surface area (Å²) in [4.78, 5) is 34.2. The van der Waals surface area contributed by atoms with Gasteiger partial charge in [-0.25, -0.2) is 9.96 Å². The molecular formula is C24H18Cl2N2O4. The number of amides is 2. The van der Waals surface area contributed by atoms with E-state index in [1.807, 2.05) is 30.3 Å². The summed E-state index contributed by atoms with van der Waals surface area (Å²) in [6, 6.07) is 20.6. The average Bonchev–Trinajstić information content (AvgIpc) is 3.30. The lowest BCUT2D eigenvalue weighted by molar-refractivity contribution is -0.126. The smallest absolute Gasteiger partial charge is 0.266 e. The number of nitrogens with zero attached hydrogens (tertiary/aromatic N) is 2. The highest BCUT2D eigenvalue weighted by molar-refractivity contribution is 6.35. The summed E-state index contributed by atoms with van der Waals surface area (Å²) >= 11 is 12.6. The van der Waals surface area contributed by atoms with Crippen molar-refractivity contribution in [2.45, 2.75) is 12.1 Å². The van der Waals surface area contributed by atoms with Crippen LogP contribution in [0.3, 0.4) is 0 Å². The maximum atomic E-state index is 13.6. The normalized spacial score (nSPS) is 22.4. The summed E-state index contributed by atoms with van der Waals surface area (Å²) in [5.41, 5.74) is 1.84. The molecule has 2 aliphatic rings. The largest absolute Gasteiger partial charge is 0.497 e. The molecule has 0 saturated carbocycles. The van der Waals surface area contributed by atoms with Gasteiger partial charge in [-0.1, -0.05) is 47.5 Å². The number of hydrogen-bond acceptors (Lipinski definition) is 5. The van der Waals surface area contributed by atoms with Gasteiger partial charge in [0, 0.05) is 10.0 Å². The molecule has 0 aliphatic carbocycles. The number of anilines is 2. The van der Waals surface area contributed by atoms with Gasteiger partial charge in [0.1, 0.15) is 11.7 Å². The second kappa shape index (κ2) is 8.13. The van der Waals surface area contributed by atoms with Crippen molar-refractivity contribution in [1.29, 1.82) is 0 Å². The lowest BCUT2D eigenvalue weighted by Gasteiger charge is -2.29. The zero-order valence-corrected chi connectivity index (χ0v) is 18.5. The third-order valence-electron chi connectivity index (χ3n) is 5.74. The van der Waals surface area contributed by atoms with Gasteiger partial charge in [0.05, 0.1) is 24.5 Å². The fraction of sp³-hybridized carbons (Fsp3) is 0.167. The Morgan fingerprint density at radius 2 is 1.59 bits per heavy atom. The second-order valence-electron chi connectivity index (χ2n) is 7.53. The van der Waals surface area contributed by atoms with Crippen LogP contribution >= 0.6 is 23.2 Å². The highest BCUT2D eigenvalue weighted by Gasteiger charge is 2.60. The summed E-state index contributed by atoms with van der Waals surface area (Å²) in [5.74, 6) is -0.910. The van der Waals surface area contributed by atoms with E-state index in [1.165, 1.54) is 4.90 Å². The molecule has 162 valence electrons. The number of benzene rings is 3. The van der Waals surface area contributed by atoms with Crippen molar-refractivity contribution in [1.82, 2.24) is 0 Å². The zero-order valence-electron chi connectivity index (χ0n) is 16.9. The van der Waals surface area contributed by atoms with Crippen molar-refractivity contribution in [2.24, 2.45) is 5.92 Å². The predicted octanol–water partition coefficient (Wildman–Crippen LogP) is 5.05. The highest BCUT2D eigenvalue weighted by Crippen LogP contribution is 2.49. The van der Waals surface area contributed by atoms with E-state index in [0.717, 1.165) is 5.69 Å². The van der Waals surface area contributed by atoms with Crippen LogP contribution in [0.25, 0.3) is 0 Å². The molecule has 8 heteroatoms. The van der Waals surface area contributed by atoms with Gasteiger partial charge < -0.3 is 4.74 Å². The first kappa shape index (κ1) is 20.8. The molecule has 2 aliphatic heterocycles. The van der Waals surface area contributed by atoms with Gasteiger partial charge in [-0.2, -0.15) is 0 Å². The molecule has 0 radical (unpaired) electrons. The molecule has 5 rings (SSSR count). The van der Waals surface area contributed by atoms with Gasteiger partial charge in [0.15, 0.2) is 6.10 Å². The number of para-hydroxylation sites is 1. The standard InChI is InChI=1S/C24H18Cl2N2O4/c1-31-17-10-8-15(9-11-17)27-23(29)20-21(18-12-7-14(25)13-19(18)26)28(32-22(20)24(27)30)16-5-3-2-4-6-16/h2-13,20-22H,1H3/t20-,21+,22+/m1/s1. The van der Waals surface area contributed by atoms with E-state index in [2.05, 4.69) is 0 Å². The number of methoxy groups -OCH3 is 1. The Hall–Kier alpha value is -3.06. The molecule has 0 bridgehead atoms. The number of hydroxylamine groups is 1. The predicted molar refractivity (Wildman–Crippen MR) is 122 cm³/mol. The van der Waals surface area contributed by atoms with Crippen LogP contribution in [0.1, 0.15) is 11.6 Å². The van der Waals surface area contributed by atoms with Crippen molar-refractivity contribution >= 4 is 46.4 Å².